The summed E-state index contributed by atoms with van der Waals surface area (Å²) in [5.41, 5.74) is 2.36. The number of halogens is 1. The molecule has 0 aromatic heterocycles. The van der Waals surface area contributed by atoms with Crippen molar-refractivity contribution in [1.29, 1.82) is 0 Å². The number of amides is 1. The number of hydrogen-bond donors (Lipinski definition) is 1. The molecule has 1 N–H and O–H groups in total. The van der Waals surface area contributed by atoms with Crippen LogP contribution in [0.5, 0.6) is 0 Å². The minimum absolute atomic E-state index is 0.156. The minimum atomic E-state index is -0.156. The quantitative estimate of drug-likeness (QED) is 0.711. The highest BCUT2D eigenvalue weighted by atomic mass is 19.1. The molecule has 1 saturated heterocycles. The van der Waals surface area contributed by atoms with Crippen LogP contribution >= 0.6 is 0 Å². The zero-order chi connectivity index (χ0) is 11.1. The van der Waals surface area contributed by atoms with E-state index in [-0.39, 0.29) is 17.8 Å². The third-order valence-electron chi connectivity index (χ3n) is 3.74. The molecule has 2 aliphatic rings. The lowest BCUT2D eigenvalue weighted by Gasteiger charge is -2.37. The van der Waals surface area contributed by atoms with Gasteiger partial charge in [-0.3, -0.25) is 4.79 Å². The van der Waals surface area contributed by atoms with Gasteiger partial charge in [-0.05, 0) is 42.5 Å². The normalized spacial score (nSPS) is 27.9. The van der Waals surface area contributed by atoms with Crippen LogP contribution < -0.4 is 5.32 Å². The van der Waals surface area contributed by atoms with Crippen molar-refractivity contribution < 1.29 is 9.18 Å². The van der Waals surface area contributed by atoms with Crippen molar-refractivity contribution in [2.75, 3.05) is 0 Å². The van der Waals surface area contributed by atoms with Gasteiger partial charge in [-0.15, -0.1) is 0 Å². The maximum Gasteiger partial charge on any atom is 0.220 e. The molecule has 16 heavy (non-hydrogen) atoms. The Kier molecular flexibility index (Phi) is 2.20. The topological polar surface area (TPSA) is 29.1 Å². The molecule has 2 unspecified atom stereocenters. The summed E-state index contributed by atoms with van der Waals surface area (Å²) in [5, 5.41) is 3.04. The smallest absolute Gasteiger partial charge is 0.220 e. The lowest BCUT2D eigenvalue weighted by molar-refractivity contribution is -0.123. The highest BCUT2D eigenvalue weighted by Crippen LogP contribution is 2.37. The molecule has 2 nitrogen and oxygen atoms in total. The summed E-state index contributed by atoms with van der Waals surface area (Å²) in [4.78, 5) is 11.3. The fraction of sp³-hybridized carbons (Fsp3) is 0.462. The summed E-state index contributed by atoms with van der Waals surface area (Å²) in [6, 6.07) is 5.32. The molecule has 1 fully saturated rings. The fourth-order valence-electron chi connectivity index (χ4n) is 2.98. The maximum atomic E-state index is 13.1. The van der Waals surface area contributed by atoms with Gasteiger partial charge in [0.15, 0.2) is 0 Å². The van der Waals surface area contributed by atoms with Gasteiger partial charge in [-0.1, -0.05) is 6.07 Å². The first-order chi connectivity index (χ1) is 7.74. The first-order valence-corrected chi connectivity index (χ1v) is 5.82. The number of carbonyl (C=O) groups excluding carboxylic acids is 1. The summed E-state index contributed by atoms with van der Waals surface area (Å²) in [7, 11) is 0. The maximum absolute atomic E-state index is 13.1. The number of aryl methyl sites for hydroxylation is 1. The molecule has 3 heteroatoms. The van der Waals surface area contributed by atoms with Crippen LogP contribution in [0.25, 0.3) is 0 Å². The molecule has 0 radical (unpaired) electrons. The minimum Gasteiger partial charge on any atom is -0.353 e. The number of benzene rings is 1. The second-order valence-corrected chi connectivity index (χ2v) is 4.70. The monoisotopic (exact) mass is 219 g/mol. The molecule has 1 aliphatic carbocycles. The third kappa shape index (κ3) is 1.51. The zero-order valence-corrected chi connectivity index (χ0v) is 9.00. The van der Waals surface area contributed by atoms with Crippen LogP contribution in [0.4, 0.5) is 4.39 Å². The lowest BCUT2D eigenvalue weighted by Crippen LogP contribution is -2.45. The van der Waals surface area contributed by atoms with E-state index >= 15 is 0 Å². The standard InChI is InChI=1S/C13H14FNO/c14-9-2-3-10-8(7-9)1-5-12-11(10)4-6-13(16)15-12/h2-3,7,11-12H,1,4-6H2,(H,15,16). The average molecular weight is 219 g/mol. The van der Waals surface area contributed by atoms with Crippen LogP contribution in [-0.2, 0) is 11.2 Å². The molecule has 0 spiro atoms. The van der Waals surface area contributed by atoms with Crippen LogP contribution in [0, 0.1) is 5.82 Å². The van der Waals surface area contributed by atoms with Crippen molar-refractivity contribution in [1.82, 2.24) is 5.32 Å². The van der Waals surface area contributed by atoms with E-state index in [0.717, 1.165) is 24.8 Å². The average Bonchev–Trinajstić information content (AvgIpc) is 2.28. The largest absolute Gasteiger partial charge is 0.353 e. The van der Waals surface area contributed by atoms with E-state index in [1.165, 1.54) is 11.6 Å². The van der Waals surface area contributed by atoms with Gasteiger partial charge >= 0.3 is 0 Å². The first-order valence-electron chi connectivity index (χ1n) is 5.82. The van der Waals surface area contributed by atoms with Crippen molar-refractivity contribution in [3.05, 3.63) is 35.1 Å². The van der Waals surface area contributed by atoms with Gasteiger partial charge in [-0.2, -0.15) is 0 Å². The van der Waals surface area contributed by atoms with Crippen molar-refractivity contribution in [3.8, 4) is 0 Å². The molecule has 2 atom stereocenters. The summed E-state index contributed by atoms with van der Waals surface area (Å²) < 4.78 is 13.1. The molecule has 1 aliphatic heterocycles. The Labute approximate surface area is 93.9 Å². The summed E-state index contributed by atoms with van der Waals surface area (Å²) >= 11 is 0. The number of fused-ring (bicyclic) bond motifs is 3. The molecule has 1 amide bonds. The summed E-state index contributed by atoms with van der Waals surface area (Å²) in [6.45, 7) is 0. The predicted octanol–water partition coefficient (Wildman–Crippen LogP) is 2.13. The van der Waals surface area contributed by atoms with Crippen LogP contribution in [0.15, 0.2) is 18.2 Å². The fourth-order valence-corrected chi connectivity index (χ4v) is 2.98. The number of hydrogen-bond acceptors (Lipinski definition) is 1. The van der Waals surface area contributed by atoms with Gasteiger partial charge < -0.3 is 5.32 Å². The van der Waals surface area contributed by atoms with E-state index in [1.807, 2.05) is 6.07 Å². The van der Waals surface area contributed by atoms with Gasteiger partial charge in [0.1, 0.15) is 5.82 Å². The van der Waals surface area contributed by atoms with E-state index in [9.17, 15) is 9.18 Å². The molecule has 1 aromatic rings. The Morgan fingerprint density at radius 2 is 2.12 bits per heavy atom. The molecule has 3 rings (SSSR count). The van der Waals surface area contributed by atoms with Crippen LogP contribution in [0.3, 0.4) is 0 Å². The van der Waals surface area contributed by atoms with E-state index in [2.05, 4.69) is 5.32 Å². The van der Waals surface area contributed by atoms with Gasteiger partial charge in [0.05, 0.1) is 0 Å². The van der Waals surface area contributed by atoms with Gasteiger partial charge in [0, 0.05) is 18.4 Å². The highest BCUT2D eigenvalue weighted by Gasteiger charge is 2.33. The van der Waals surface area contributed by atoms with Crippen LogP contribution in [-0.4, -0.2) is 11.9 Å². The summed E-state index contributed by atoms with van der Waals surface area (Å²) in [6.07, 6.45) is 3.30. The Morgan fingerprint density at radius 3 is 3.00 bits per heavy atom. The Morgan fingerprint density at radius 1 is 1.25 bits per heavy atom. The number of carbonyl (C=O) groups is 1. The van der Waals surface area contributed by atoms with E-state index in [0.29, 0.717) is 12.3 Å². The first kappa shape index (κ1) is 9.82. The second kappa shape index (κ2) is 3.58. The van der Waals surface area contributed by atoms with E-state index in [4.69, 9.17) is 0 Å². The Hall–Kier alpha value is -1.38. The SMILES string of the molecule is O=C1CCC2c3ccc(F)cc3CCC2N1. The van der Waals surface area contributed by atoms with Crippen molar-refractivity contribution in [3.63, 3.8) is 0 Å². The molecule has 1 heterocycles. The molecule has 1 aromatic carbocycles. The van der Waals surface area contributed by atoms with Crippen LogP contribution in [0.2, 0.25) is 0 Å². The third-order valence-corrected chi connectivity index (χ3v) is 3.74. The van der Waals surface area contributed by atoms with Gasteiger partial charge in [0.2, 0.25) is 5.91 Å². The van der Waals surface area contributed by atoms with Crippen molar-refractivity contribution in [2.45, 2.75) is 37.6 Å². The summed E-state index contributed by atoms with van der Waals surface area (Å²) in [5.74, 6) is 0.394. The number of rotatable bonds is 0. The number of nitrogens with one attached hydrogen (secondary N) is 1. The molecule has 84 valence electrons. The molecule has 0 bridgehead atoms. The Balaban J connectivity index is 1.97. The Bertz CT molecular complexity index is 444. The number of piperidine rings is 1. The van der Waals surface area contributed by atoms with Crippen molar-refractivity contribution in [2.24, 2.45) is 0 Å². The lowest BCUT2D eigenvalue weighted by atomic mass is 9.75. The van der Waals surface area contributed by atoms with Gasteiger partial charge in [0.25, 0.3) is 0 Å². The molecular weight excluding hydrogens is 205 g/mol. The molecule has 0 saturated carbocycles. The predicted molar refractivity (Wildman–Crippen MR) is 58.6 cm³/mol. The van der Waals surface area contributed by atoms with Crippen LogP contribution in [0.1, 0.15) is 36.3 Å². The van der Waals surface area contributed by atoms with E-state index in [1.54, 1.807) is 6.07 Å². The second-order valence-electron chi connectivity index (χ2n) is 4.70. The molecular formula is C13H14FNO. The van der Waals surface area contributed by atoms with E-state index < -0.39 is 0 Å². The highest BCUT2D eigenvalue weighted by molar-refractivity contribution is 5.77. The zero-order valence-electron chi connectivity index (χ0n) is 9.00. The van der Waals surface area contributed by atoms with Crippen molar-refractivity contribution >= 4 is 5.91 Å². The van der Waals surface area contributed by atoms with Gasteiger partial charge in [-0.25, -0.2) is 4.39 Å².